The minimum atomic E-state index is -0.316. The van der Waals surface area contributed by atoms with E-state index in [9.17, 15) is 5.11 Å². The molecule has 0 unspecified atom stereocenters. The topological polar surface area (TPSA) is 74.9 Å². The van der Waals surface area contributed by atoms with Gasteiger partial charge in [0.2, 0.25) is 0 Å². The number of hydrogen-bond acceptors (Lipinski definition) is 6. The third-order valence-corrected chi connectivity index (χ3v) is 4.64. The zero-order chi connectivity index (χ0) is 15.4. The molecule has 6 nitrogen and oxygen atoms in total. The summed E-state index contributed by atoms with van der Waals surface area (Å²) in [5.41, 5.74) is 6.97. The van der Waals surface area contributed by atoms with Gasteiger partial charge in [-0.05, 0) is 18.9 Å². The number of aromatic nitrogens is 1. The summed E-state index contributed by atoms with van der Waals surface area (Å²) in [6.07, 6.45) is 3.54. The van der Waals surface area contributed by atoms with Crippen molar-refractivity contribution in [2.75, 3.05) is 45.1 Å². The van der Waals surface area contributed by atoms with Crippen LogP contribution in [0.1, 0.15) is 18.4 Å². The van der Waals surface area contributed by atoms with Crippen LogP contribution in [-0.2, 0) is 11.3 Å². The second-order valence-electron chi connectivity index (χ2n) is 6.28. The SMILES string of the molecule is Nc1ncccc1CN1CCN(C2CCOCC2)C[C@H](O)C1. The Morgan fingerprint density at radius 3 is 2.86 bits per heavy atom. The number of aliphatic hydroxyl groups is 1. The summed E-state index contributed by atoms with van der Waals surface area (Å²) >= 11 is 0. The fourth-order valence-electron chi connectivity index (χ4n) is 3.43. The standard InChI is InChI=1S/C16H26N4O2/c17-16-13(2-1-5-18-16)10-19-6-7-20(12-15(21)11-19)14-3-8-22-9-4-14/h1-2,5,14-15,21H,3-4,6-12H2,(H2,17,18)/t15-/m1/s1. The summed E-state index contributed by atoms with van der Waals surface area (Å²) in [6.45, 7) is 5.81. The summed E-state index contributed by atoms with van der Waals surface area (Å²) in [6, 6.07) is 4.47. The molecule has 0 aromatic carbocycles. The van der Waals surface area contributed by atoms with Gasteiger partial charge in [-0.25, -0.2) is 4.98 Å². The minimum absolute atomic E-state index is 0.316. The van der Waals surface area contributed by atoms with Crippen molar-refractivity contribution in [3.05, 3.63) is 23.9 Å². The van der Waals surface area contributed by atoms with Gasteiger partial charge in [-0.15, -0.1) is 0 Å². The first-order valence-electron chi connectivity index (χ1n) is 8.14. The molecule has 1 atom stereocenters. The monoisotopic (exact) mass is 306 g/mol. The van der Waals surface area contributed by atoms with Crippen LogP contribution in [0.15, 0.2) is 18.3 Å². The van der Waals surface area contributed by atoms with Crippen LogP contribution in [0.2, 0.25) is 0 Å². The number of pyridine rings is 1. The number of nitrogen functional groups attached to an aromatic ring is 1. The van der Waals surface area contributed by atoms with Crippen molar-refractivity contribution < 1.29 is 9.84 Å². The van der Waals surface area contributed by atoms with E-state index in [2.05, 4.69) is 14.8 Å². The summed E-state index contributed by atoms with van der Waals surface area (Å²) in [4.78, 5) is 8.85. The number of ether oxygens (including phenoxy) is 1. The Morgan fingerprint density at radius 2 is 2.09 bits per heavy atom. The Kier molecular flexibility index (Phi) is 5.25. The quantitative estimate of drug-likeness (QED) is 0.838. The van der Waals surface area contributed by atoms with Crippen LogP contribution in [-0.4, -0.2) is 71.4 Å². The lowest BCUT2D eigenvalue weighted by molar-refractivity contribution is 0.0217. The maximum Gasteiger partial charge on any atom is 0.127 e. The molecule has 1 aromatic heterocycles. The molecule has 2 aliphatic rings. The molecular weight excluding hydrogens is 280 g/mol. The average Bonchev–Trinajstić information content (AvgIpc) is 2.72. The fourth-order valence-corrected chi connectivity index (χ4v) is 3.43. The molecule has 122 valence electrons. The number of nitrogens with zero attached hydrogens (tertiary/aromatic N) is 3. The van der Waals surface area contributed by atoms with Crippen molar-refractivity contribution in [2.45, 2.75) is 31.5 Å². The van der Waals surface area contributed by atoms with Gasteiger partial charge in [-0.1, -0.05) is 6.07 Å². The number of aliphatic hydroxyl groups excluding tert-OH is 1. The summed E-state index contributed by atoms with van der Waals surface area (Å²) < 4.78 is 5.44. The second kappa shape index (κ2) is 7.37. The van der Waals surface area contributed by atoms with Crippen LogP contribution in [0.5, 0.6) is 0 Å². The molecule has 0 saturated carbocycles. The lowest BCUT2D eigenvalue weighted by atomic mass is 10.1. The van der Waals surface area contributed by atoms with E-state index < -0.39 is 0 Å². The molecule has 2 fully saturated rings. The molecule has 22 heavy (non-hydrogen) atoms. The second-order valence-corrected chi connectivity index (χ2v) is 6.28. The first-order valence-corrected chi connectivity index (χ1v) is 8.14. The van der Waals surface area contributed by atoms with E-state index in [1.165, 1.54) is 0 Å². The van der Waals surface area contributed by atoms with Crippen LogP contribution < -0.4 is 5.73 Å². The van der Waals surface area contributed by atoms with E-state index in [-0.39, 0.29) is 6.10 Å². The maximum atomic E-state index is 10.3. The highest BCUT2D eigenvalue weighted by atomic mass is 16.5. The molecule has 3 rings (SSSR count). The van der Waals surface area contributed by atoms with Gasteiger partial charge < -0.3 is 15.6 Å². The van der Waals surface area contributed by atoms with Gasteiger partial charge in [-0.2, -0.15) is 0 Å². The zero-order valence-electron chi connectivity index (χ0n) is 13.0. The summed E-state index contributed by atoms with van der Waals surface area (Å²) in [7, 11) is 0. The normalized spacial score (nSPS) is 26.0. The van der Waals surface area contributed by atoms with Crippen molar-refractivity contribution >= 4 is 5.82 Å². The minimum Gasteiger partial charge on any atom is -0.390 e. The van der Waals surface area contributed by atoms with E-state index >= 15 is 0 Å². The Hall–Kier alpha value is -1.21. The number of rotatable bonds is 3. The fraction of sp³-hybridized carbons (Fsp3) is 0.688. The number of nitrogens with two attached hydrogens (primary N) is 1. The Labute approximate surface area is 131 Å². The van der Waals surface area contributed by atoms with Gasteiger partial charge in [0, 0.05) is 63.7 Å². The van der Waals surface area contributed by atoms with Crippen LogP contribution in [0.25, 0.3) is 0 Å². The molecule has 0 bridgehead atoms. The summed E-state index contributed by atoms with van der Waals surface area (Å²) in [5, 5.41) is 10.3. The Bertz CT molecular complexity index is 479. The summed E-state index contributed by atoms with van der Waals surface area (Å²) in [5.74, 6) is 0.586. The van der Waals surface area contributed by atoms with Crippen molar-refractivity contribution in [1.29, 1.82) is 0 Å². The van der Waals surface area contributed by atoms with Crippen molar-refractivity contribution in [3.8, 4) is 0 Å². The average molecular weight is 306 g/mol. The zero-order valence-corrected chi connectivity index (χ0v) is 13.0. The van der Waals surface area contributed by atoms with Gasteiger partial charge in [-0.3, -0.25) is 9.80 Å². The number of hydrogen-bond donors (Lipinski definition) is 2. The lowest BCUT2D eigenvalue weighted by Gasteiger charge is -2.33. The lowest BCUT2D eigenvalue weighted by Crippen LogP contribution is -2.43. The van der Waals surface area contributed by atoms with Crippen LogP contribution in [0.4, 0.5) is 5.82 Å². The van der Waals surface area contributed by atoms with E-state index in [0.717, 1.165) is 57.8 Å². The van der Waals surface area contributed by atoms with Crippen LogP contribution in [0.3, 0.4) is 0 Å². The van der Waals surface area contributed by atoms with Gasteiger partial charge in [0.05, 0.1) is 6.10 Å². The highest BCUT2D eigenvalue weighted by Crippen LogP contribution is 2.18. The molecule has 3 N–H and O–H groups in total. The molecule has 2 saturated heterocycles. The first-order chi connectivity index (χ1) is 10.7. The van der Waals surface area contributed by atoms with Crippen LogP contribution >= 0.6 is 0 Å². The number of β-amino-alcohol motifs (C(OH)–C–C–N with tert-alkyl or cyclic N) is 1. The van der Waals surface area contributed by atoms with Crippen molar-refractivity contribution in [2.24, 2.45) is 0 Å². The molecule has 2 aliphatic heterocycles. The largest absolute Gasteiger partial charge is 0.390 e. The predicted molar refractivity (Wildman–Crippen MR) is 85.3 cm³/mol. The Morgan fingerprint density at radius 1 is 1.27 bits per heavy atom. The predicted octanol–water partition coefficient (Wildman–Crippen LogP) is 0.321. The molecule has 0 aliphatic carbocycles. The highest BCUT2D eigenvalue weighted by Gasteiger charge is 2.27. The van der Waals surface area contributed by atoms with E-state index in [4.69, 9.17) is 10.5 Å². The Balaban J connectivity index is 1.60. The maximum absolute atomic E-state index is 10.3. The molecule has 1 aromatic rings. The van der Waals surface area contributed by atoms with Gasteiger partial charge >= 0.3 is 0 Å². The first kappa shape index (κ1) is 15.7. The molecular formula is C16H26N4O2. The van der Waals surface area contributed by atoms with E-state index in [1.807, 2.05) is 12.1 Å². The molecule has 0 amide bonds. The molecule has 6 heteroatoms. The van der Waals surface area contributed by atoms with E-state index in [0.29, 0.717) is 18.4 Å². The molecule has 3 heterocycles. The van der Waals surface area contributed by atoms with Gasteiger partial charge in [0.15, 0.2) is 0 Å². The molecule has 0 radical (unpaired) electrons. The smallest absolute Gasteiger partial charge is 0.127 e. The van der Waals surface area contributed by atoms with E-state index in [1.54, 1.807) is 6.20 Å². The van der Waals surface area contributed by atoms with Crippen LogP contribution in [0, 0.1) is 0 Å². The third-order valence-electron chi connectivity index (χ3n) is 4.64. The van der Waals surface area contributed by atoms with Crippen molar-refractivity contribution in [3.63, 3.8) is 0 Å². The molecule has 0 spiro atoms. The highest BCUT2D eigenvalue weighted by molar-refractivity contribution is 5.38. The van der Waals surface area contributed by atoms with Crippen molar-refractivity contribution in [1.82, 2.24) is 14.8 Å². The number of anilines is 1. The third kappa shape index (κ3) is 3.95. The van der Waals surface area contributed by atoms with Gasteiger partial charge in [0.1, 0.15) is 5.82 Å². The van der Waals surface area contributed by atoms with Gasteiger partial charge in [0.25, 0.3) is 0 Å².